The van der Waals surface area contributed by atoms with Crippen LogP contribution in [-0.4, -0.2) is 31.2 Å². The van der Waals surface area contributed by atoms with Crippen LogP contribution in [0.3, 0.4) is 0 Å². The number of halogens is 1. The van der Waals surface area contributed by atoms with E-state index in [9.17, 15) is 9.59 Å². The molecule has 6 nitrogen and oxygen atoms in total. The predicted molar refractivity (Wildman–Crippen MR) is 111 cm³/mol. The molecule has 1 unspecified atom stereocenters. The number of amides is 2. The smallest absolute Gasteiger partial charge is 0.262 e. The van der Waals surface area contributed by atoms with E-state index < -0.39 is 6.04 Å². The Morgan fingerprint density at radius 3 is 2.54 bits per heavy atom. The van der Waals surface area contributed by atoms with E-state index in [1.165, 1.54) is 6.21 Å². The maximum absolute atomic E-state index is 12.5. The Balaban J connectivity index is 2.02. The molecule has 0 saturated heterocycles. The molecule has 2 rings (SSSR count). The highest BCUT2D eigenvalue weighted by Gasteiger charge is 2.22. The summed E-state index contributed by atoms with van der Waals surface area (Å²) in [5.41, 5.74) is 3.71. The SMILES string of the molecule is COc1cccc(C=NNC(=O)C(CC(C)C)NC(=O)c2ccc(Cl)cc2)c1. The molecule has 0 aliphatic rings. The summed E-state index contributed by atoms with van der Waals surface area (Å²) in [6.07, 6.45) is 2.01. The molecule has 7 heteroatoms. The third kappa shape index (κ3) is 6.70. The molecule has 0 radical (unpaired) electrons. The molecule has 1 atom stereocenters. The molecule has 0 aliphatic heterocycles. The number of hydrazone groups is 1. The van der Waals surface area contributed by atoms with Crippen molar-refractivity contribution in [2.24, 2.45) is 11.0 Å². The van der Waals surface area contributed by atoms with Crippen molar-refractivity contribution in [3.63, 3.8) is 0 Å². The molecule has 2 aromatic rings. The van der Waals surface area contributed by atoms with Gasteiger partial charge in [0.2, 0.25) is 0 Å². The highest BCUT2D eigenvalue weighted by atomic mass is 35.5. The van der Waals surface area contributed by atoms with Crippen LogP contribution in [0.15, 0.2) is 53.6 Å². The standard InChI is InChI=1S/C21H24ClN3O3/c1-14(2)11-19(24-20(26)16-7-9-17(22)10-8-16)21(27)25-23-13-15-5-4-6-18(12-15)28-3/h4-10,12-14,19H,11H2,1-3H3,(H,24,26)(H,25,27). The van der Waals surface area contributed by atoms with Crippen LogP contribution in [0.4, 0.5) is 0 Å². The quantitative estimate of drug-likeness (QED) is 0.523. The maximum Gasteiger partial charge on any atom is 0.262 e. The number of nitrogens with one attached hydrogen (secondary N) is 2. The Kier molecular flexibility index (Phi) is 8.02. The molecule has 0 aromatic heterocycles. The molecule has 0 heterocycles. The summed E-state index contributed by atoms with van der Waals surface area (Å²) in [6, 6.07) is 13.1. The minimum atomic E-state index is -0.703. The van der Waals surface area contributed by atoms with E-state index in [1.54, 1.807) is 37.4 Å². The third-order valence-electron chi connectivity index (χ3n) is 3.92. The van der Waals surface area contributed by atoms with Crippen LogP contribution in [0.1, 0.15) is 36.2 Å². The van der Waals surface area contributed by atoms with Crippen molar-refractivity contribution in [2.45, 2.75) is 26.3 Å². The number of carbonyl (C=O) groups excluding carboxylic acids is 2. The fraction of sp³-hybridized carbons (Fsp3) is 0.286. The molecule has 28 heavy (non-hydrogen) atoms. The van der Waals surface area contributed by atoms with Gasteiger partial charge in [-0.05, 0) is 54.3 Å². The van der Waals surface area contributed by atoms with Gasteiger partial charge in [0, 0.05) is 10.6 Å². The highest BCUT2D eigenvalue weighted by molar-refractivity contribution is 6.30. The zero-order chi connectivity index (χ0) is 20.5. The number of nitrogens with zero attached hydrogens (tertiary/aromatic N) is 1. The van der Waals surface area contributed by atoms with Gasteiger partial charge in [-0.25, -0.2) is 5.43 Å². The molecule has 2 amide bonds. The number of benzene rings is 2. The van der Waals surface area contributed by atoms with E-state index in [0.717, 1.165) is 5.56 Å². The molecule has 0 spiro atoms. The second kappa shape index (κ2) is 10.5. The summed E-state index contributed by atoms with van der Waals surface area (Å²) < 4.78 is 5.15. The first-order valence-corrected chi connectivity index (χ1v) is 9.30. The van der Waals surface area contributed by atoms with Crippen molar-refractivity contribution in [3.05, 3.63) is 64.7 Å². The Morgan fingerprint density at radius 1 is 1.18 bits per heavy atom. The topological polar surface area (TPSA) is 79.8 Å². The van der Waals surface area contributed by atoms with Crippen LogP contribution < -0.4 is 15.5 Å². The second-order valence-electron chi connectivity index (χ2n) is 6.67. The lowest BCUT2D eigenvalue weighted by atomic mass is 10.0. The summed E-state index contributed by atoms with van der Waals surface area (Å²) in [4.78, 5) is 25.0. The number of hydrogen-bond acceptors (Lipinski definition) is 4. The number of carbonyl (C=O) groups is 2. The van der Waals surface area contributed by atoms with Crippen LogP contribution in [0.2, 0.25) is 5.02 Å². The van der Waals surface area contributed by atoms with E-state index in [2.05, 4.69) is 15.8 Å². The molecule has 2 aromatic carbocycles. The molecule has 0 saturated carbocycles. The third-order valence-corrected chi connectivity index (χ3v) is 4.17. The van der Waals surface area contributed by atoms with Gasteiger partial charge in [-0.15, -0.1) is 0 Å². The van der Waals surface area contributed by atoms with E-state index in [1.807, 2.05) is 32.0 Å². The van der Waals surface area contributed by atoms with Crippen molar-refractivity contribution in [3.8, 4) is 5.75 Å². The molecular formula is C21H24ClN3O3. The molecule has 0 aliphatic carbocycles. The van der Waals surface area contributed by atoms with Crippen molar-refractivity contribution >= 4 is 29.6 Å². The van der Waals surface area contributed by atoms with E-state index in [4.69, 9.17) is 16.3 Å². The van der Waals surface area contributed by atoms with Gasteiger partial charge < -0.3 is 10.1 Å². The first kappa shape index (κ1) is 21.4. The van der Waals surface area contributed by atoms with Gasteiger partial charge in [0.05, 0.1) is 13.3 Å². The van der Waals surface area contributed by atoms with Gasteiger partial charge in [0.15, 0.2) is 0 Å². The van der Waals surface area contributed by atoms with Gasteiger partial charge in [-0.2, -0.15) is 5.10 Å². The minimum Gasteiger partial charge on any atom is -0.497 e. The summed E-state index contributed by atoms with van der Waals surface area (Å²) in [7, 11) is 1.58. The van der Waals surface area contributed by atoms with E-state index in [0.29, 0.717) is 22.8 Å². The average Bonchev–Trinajstić information content (AvgIpc) is 2.67. The largest absolute Gasteiger partial charge is 0.497 e. The van der Waals surface area contributed by atoms with Crippen molar-refractivity contribution in [2.75, 3.05) is 7.11 Å². The first-order chi connectivity index (χ1) is 13.4. The van der Waals surface area contributed by atoms with E-state index in [-0.39, 0.29) is 17.7 Å². The Morgan fingerprint density at radius 2 is 1.89 bits per heavy atom. The number of rotatable bonds is 8. The summed E-state index contributed by atoms with van der Waals surface area (Å²) in [6.45, 7) is 3.96. The summed E-state index contributed by atoms with van der Waals surface area (Å²) in [5, 5.41) is 7.29. The Hall–Kier alpha value is -2.86. The van der Waals surface area contributed by atoms with Crippen molar-refractivity contribution in [1.82, 2.24) is 10.7 Å². The first-order valence-electron chi connectivity index (χ1n) is 8.92. The maximum atomic E-state index is 12.5. The van der Waals surface area contributed by atoms with Crippen LogP contribution in [0, 0.1) is 5.92 Å². The zero-order valence-corrected chi connectivity index (χ0v) is 16.9. The van der Waals surface area contributed by atoms with Gasteiger partial charge in [-0.1, -0.05) is 37.6 Å². The lowest BCUT2D eigenvalue weighted by Gasteiger charge is -2.19. The lowest BCUT2D eigenvalue weighted by Crippen LogP contribution is -2.46. The second-order valence-corrected chi connectivity index (χ2v) is 7.11. The van der Waals surface area contributed by atoms with Gasteiger partial charge in [-0.3, -0.25) is 9.59 Å². The molecule has 2 N–H and O–H groups in total. The van der Waals surface area contributed by atoms with Crippen LogP contribution >= 0.6 is 11.6 Å². The Bertz CT molecular complexity index is 835. The van der Waals surface area contributed by atoms with Crippen molar-refractivity contribution < 1.29 is 14.3 Å². The highest BCUT2D eigenvalue weighted by Crippen LogP contribution is 2.12. The fourth-order valence-corrected chi connectivity index (χ4v) is 2.64. The molecule has 0 bridgehead atoms. The van der Waals surface area contributed by atoms with Gasteiger partial charge >= 0.3 is 0 Å². The summed E-state index contributed by atoms with van der Waals surface area (Å²) >= 11 is 5.85. The molecule has 0 fully saturated rings. The average molecular weight is 402 g/mol. The normalized spacial score (nSPS) is 12.0. The Labute approximate surface area is 169 Å². The predicted octanol–water partition coefficient (Wildman–Crippen LogP) is 3.64. The van der Waals surface area contributed by atoms with E-state index >= 15 is 0 Å². The number of methoxy groups -OCH3 is 1. The van der Waals surface area contributed by atoms with Gasteiger partial charge in [0.1, 0.15) is 11.8 Å². The number of ether oxygens (including phenoxy) is 1. The number of hydrogen-bond donors (Lipinski definition) is 2. The van der Waals surface area contributed by atoms with Gasteiger partial charge in [0.25, 0.3) is 11.8 Å². The fourth-order valence-electron chi connectivity index (χ4n) is 2.52. The summed E-state index contributed by atoms with van der Waals surface area (Å²) in [5.74, 6) is 0.191. The van der Waals surface area contributed by atoms with Crippen LogP contribution in [0.25, 0.3) is 0 Å². The van der Waals surface area contributed by atoms with Crippen LogP contribution in [0.5, 0.6) is 5.75 Å². The van der Waals surface area contributed by atoms with Crippen molar-refractivity contribution in [1.29, 1.82) is 0 Å². The zero-order valence-electron chi connectivity index (χ0n) is 16.1. The van der Waals surface area contributed by atoms with Crippen LogP contribution in [-0.2, 0) is 4.79 Å². The minimum absolute atomic E-state index is 0.212. The lowest BCUT2D eigenvalue weighted by molar-refractivity contribution is -0.123. The monoisotopic (exact) mass is 401 g/mol. The molecule has 148 valence electrons. The molecular weight excluding hydrogens is 378 g/mol.